The van der Waals surface area contributed by atoms with Crippen molar-refractivity contribution in [3.05, 3.63) is 65.0 Å². The van der Waals surface area contributed by atoms with Gasteiger partial charge in [-0.2, -0.15) is 0 Å². The van der Waals surface area contributed by atoms with Crippen LogP contribution in [0, 0.1) is 12.7 Å². The van der Waals surface area contributed by atoms with Crippen LogP contribution in [0.3, 0.4) is 0 Å². The van der Waals surface area contributed by atoms with Gasteiger partial charge in [-0.05, 0) is 48.1 Å². The number of fused-ring (bicyclic) bond motifs is 1. The molecule has 1 amide bonds. The molecule has 0 saturated carbocycles. The normalized spacial score (nSPS) is 10.8. The van der Waals surface area contributed by atoms with Crippen LogP contribution < -0.4 is 10.1 Å². The molecule has 140 valence electrons. The Balaban J connectivity index is 1.96. The van der Waals surface area contributed by atoms with Crippen molar-refractivity contribution in [2.24, 2.45) is 0 Å². The van der Waals surface area contributed by atoms with E-state index < -0.39 is 0 Å². The van der Waals surface area contributed by atoms with Crippen molar-refractivity contribution >= 4 is 28.6 Å². The van der Waals surface area contributed by atoms with Crippen molar-refractivity contribution in [2.45, 2.75) is 25.4 Å². The molecule has 0 saturated heterocycles. The lowest BCUT2D eigenvalue weighted by Crippen LogP contribution is -2.25. The number of hydrogen-bond acceptors (Lipinski definition) is 4. The van der Waals surface area contributed by atoms with E-state index in [0.717, 1.165) is 28.0 Å². The quantitative estimate of drug-likeness (QED) is 0.624. The first-order chi connectivity index (χ1) is 13.0. The van der Waals surface area contributed by atoms with E-state index in [1.807, 2.05) is 32.0 Å². The molecule has 0 radical (unpaired) electrons. The number of rotatable bonds is 6. The highest BCUT2D eigenvalue weighted by Crippen LogP contribution is 2.31. The predicted octanol–water partition coefficient (Wildman–Crippen LogP) is 4.73. The fourth-order valence-corrected chi connectivity index (χ4v) is 3.76. The maximum Gasteiger partial charge on any atom is 0.254 e. The lowest BCUT2D eigenvalue weighted by Gasteiger charge is -2.15. The van der Waals surface area contributed by atoms with Crippen molar-refractivity contribution in [1.82, 2.24) is 10.3 Å². The topological polar surface area (TPSA) is 51.2 Å². The van der Waals surface area contributed by atoms with Gasteiger partial charge in [0, 0.05) is 18.0 Å². The molecule has 0 aliphatic heterocycles. The second-order valence-electron chi connectivity index (χ2n) is 6.05. The number of aryl methyl sites for hydroxylation is 1. The van der Waals surface area contributed by atoms with E-state index in [9.17, 15) is 9.18 Å². The minimum atomic E-state index is -0.318. The minimum absolute atomic E-state index is 0.210. The number of aromatic nitrogens is 1. The molecule has 3 rings (SSSR count). The number of nitrogens with zero attached hydrogens (tertiary/aromatic N) is 1. The van der Waals surface area contributed by atoms with E-state index in [-0.39, 0.29) is 18.3 Å². The first kappa shape index (κ1) is 19.2. The Bertz CT molecular complexity index is 991. The van der Waals surface area contributed by atoms with Crippen LogP contribution in [0.15, 0.2) is 47.5 Å². The molecule has 0 aliphatic rings. The number of carbonyl (C=O) groups is 1. The van der Waals surface area contributed by atoms with Gasteiger partial charge in [-0.3, -0.25) is 4.79 Å². The van der Waals surface area contributed by atoms with Gasteiger partial charge in [-0.25, -0.2) is 9.37 Å². The molecule has 6 heteroatoms. The lowest BCUT2D eigenvalue weighted by molar-refractivity contribution is 0.0947. The third-order valence-corrected chi connectivity index (χ3v) is 5.13. The number of amides is 1. The highest BCUT2D eigenvalue weighted by Gasteiger charge is 2.19. The molecule has 1 heterocycles. The third-order valence-electron chi connectivity index (χ3n) is 4.27. The summed E-state index contributed by atoms with van der Waals surface area (Å²) in [6.07, 6.45) is 0. The number of pyridine rings is 1. The van der Waals surface area contributed by atoms with Crippen LogP contribution in [0.25, 0.3) is 10.9 Å². The van der Waals surface area contributed by atoms with Gasteiger partial charge in [-0.1, -0.05) is 19.1 Å². The van der Waals surface area contributed by atoms with Gasteiger partial charge >= 0.3 is 0 Å². The summed E-state index contributed by atoms with van der Waals surface area (Å²) < 4.78 is 18.6. The van der Waals surface area contributed by atoms with Crippen LogP contribution in [0.1, 0.15) is 28.4 Å². The zero-order valence-electron chi connectivity index (χ0n) is 15.5. The van der Waals surface area contributed by atoms with Gasteiger partial charge in [0.15, 0.2) is 0 Å². The monoisotopic (exact) mass is 384 g/mol. The molecular formula is C21H21FN2O2S. The largest absolute Gasteiger partial charge is 0.497 e. The summed E-state index contributed by atoms with van der Waals surface area (Å²) in [5.41, 5.74) is 2.94. The number of ether oxygens (including phenoxy) is 1. The van der Waals surface area contributed by atoms with E-state index in [0.29, 0.717) is 16.2 Å². The predicted molar refractivity (Wildman–Crippen MR) is 107 cm³/mol. The molecule has 0 aliphatic carbocycles. The second kappa shape index (κ2) is 8.39. The highest BCUT2D eigenvalue weighted by molar-refractivity contribution is 7.99. The van der Waals surface area contributed by atoms with Gasteiger partial charge in [-0.15, -0.1) is 11.8 Å². The van der Waals surface area contributed by atoms with Crippen molar-refractivity contribution in [1.29, 1.82) is 0 Å². The van der Waals surface area contributed by atoms with Crippen LogP contribution in [0.5, 0.6) is 5.75 Å². The summed E-state index contributed by atoms with van der Waals surface area (Å²) in [6, 6.07) is 11.9. The number of halogens is 1. The van der Waals surface area contributed by atoms with E-state index >= 15 is 0 Å². The number of benzene rings is 2. The Labute approximate surface area is 162 Å². The molecule has 3 aromatic rings. The molecule has 4 nitrogen and oxygen atoms in total. The molecule has 27 heavy (non-hydrogen) atoms. The zero-order chi connectivity index (χ0) is 19.4. The minimum Gasteiger partial charge on any atom is -0.497 e. The van der Waals surface area contributed by atoms with Gasteiger partial charge in [0.1, 0.15) is 16.6 Å². The van der Waals surface area contributed by atoms with Crippen LogP contribution in [-0.2, 0) is 6.54 Å². The fourth-order valence-electron chi connectivity index (χ4n) is 2.93. The fraction of sp³-hybridized carbons (Fsp3) is 0.238. The first-order valence-electron chi connectivity index (χ1n) is 8.67. The standard InChI is InChI=1S/C21H21FN2O2S/c1-4-27-21-19(20(25)23-12-14-6-5-7-15(22)10-14)13(2)17-9-8-16(26-3)11-18(17)24-21/h5-11H,4,12H2,1-3H3,(H,23,25). The molecule has 0 fully saturated rings. The highest BCUT2D eigenvalue weighted by atomic mass is 32.2. The second-order valence-corrected chi connectivity index (χ2v) is 7.30. The number of methoxy groups -OCH3 is 1. The van der Waals surface area contributed by atoms with Crippen LogP contribution in [0.4, 0.5) is 4.39 Å². The molecule has 0 unspecified atom stereocenters. The number of thioether (sulfide) groups is 1. The number of carbonyl (C=O) groups excluding carboxylic acids is 1. The van der Waals surface area contributed by atoms with E-state index in [2.05, 4.69) is 10.3 Å². The van der Waals surface area contributed by atoms with Crippen LogP contribution in [0.2, 0.25) is 0 Å². The summed E-state index contributed by atoms with van der Waals surface area (Å²) >= 11 is 1.52. The van der Waals surface area contributed by atoms with Gasteiger partial charge in [0.05, 0.1) is 18.2 Å². The Kier molecular flexibility index (Phi) is 5.96. The van der Waals surface area contributed by atoms with Gasteiger partial charge in [0.25, 0.3) is 5.91 Å². The summed E-state index contributed by atoms with van der Waals surface area (Å²) in [6.45, 7) is 4.20. The summed E-state index contributed by atoms with van der Waals surface area (Å²) in [5.74, 6) is 0.996. The Morgan fingerprint density at radius 2 is 2.07 bits per heavy atom. The average Bonchev–Trinajstić information content (AvgIpc) is 2.66. The molecule has 1 aromatic heterocycles. The number of hydrogen-bond donors (Lipinski definition) is 1. The van der Waals surface area contributed by atoms with Crippen molar-refractivity contribution in [3.63, 3.8) is 0 Å². The zero-order valence-corrected chi connectivity index (χ0v) is 16.3. The Morgan fingerprint density at radius 3 is 2.78 bits per heavy atom. The molecule has 2 aromatic carbocycles. The summed E-state index contributed by atoms with van der Waals surface area (Å²) in [4.78, 5) is 17.6. The molecule has 0 spiro atoms. The van der Waals surface area contributed by atoms with E-state index in [1.54, 1.807) is 19.2 Å². The van der Waals surface area contributed by atoms with E-state index in [4.69, 9.17) is 4.74 Å². The lowest BCUT2D eigenvalue weighted by atomic mass is 10.0. The molecular weight excluding hydrogens is 363 g/mol. The van der Waals surface area contributed by atoms with Crippen molar-refractivity contribution in [2.75, 3.05) is 12.9 Å². The van der Waals surface area contributed by atoms with Crippen LogP contribution in [-0.4, -0.2) is 23.8 Å². The third kappa shape index (κ3) is 4.22. The first-order valence-corrected chi connectivity index (χ1v) is 9.65. The average molecular weight is 384 g/mol. The van der Waals surface area contributed by atoms with Gasteiger partial charge < -0.3 is 10.1 Å². The van der Waals surface area contributed by atoms with Crippen molar-refractivity contribution in [3.8, 4) is 5.75 Å². The SMILES string of the molecule is CCSc1nc2cc(OC)ccc2c(C)c1C(=O)NCc1cccc(F)c1. The molecule has 0 bridgehead atoms. The summed E-state index contributed by atoms with van der Waals surface area (Å²) in [5, 5.41) is 4.48. The molecule has 0 atom stereocenters. The van der Waals surface area contributed by atoms with Gasteiger partial charge in [0.2, 0.25) is 0 Å². The summed E-state index contributed by atoms with van der Waals surface area (Å²) in [7, 11) is 1.62. The number of nitrogens with one attached hydrogen (secondary N) is 1. The van der Waals surface area contributed by atoms with Crippen LogP contribution >= 0.6 is 11.8 Å². The maximum atomic E-state index is 13.3. The molecule has 1 N–H and O–H groups in total. The maximum absolute atomic E-state index is 13.3. The smallest absolute Gasteiger partial charge is 0.254 e. The van der Waals surface area contributed by atoms with E-state index in [1.165, 1.54) is 23.9 Å². The Morgan fingerprint density at radius 1 is 1.26 bits per heavy atom. The van der Waals surface area contributed by atoms with Crippen molar-refractivity contribution < 1.29 is 13.9 Å². The Hall–Kier alpha value is -2.60.